The van der Waals surface area contributed by atoms with Crippen LogP contribution in [0.25, 0.3) is 11.1 Å². The maximum absolute atomic E-state index is 4.88. The van der Waals surface area contributed by atoms with E-state index in [0.29, 0.717) is 0 Å². The largest absolute Gasteiger partial charge is 0.0887 e. The predicted octanol–water partition coefficient (Wildman–Crippen LogP) is 5.08. The summed E-state index contributed by atoms with van der Waals surface area (Å²) in [7, 11) is 0. The van der Waals surface area contributed by atoms with E-state index in [1.165, 1.54) is 27.0 Å². The topological polar surface area (TPSA) is 0 Å². The molecule has 0 spiro atoms. The van der Waals surface area contributed by atoms with Crippen LogP contribution in [0.4, 0.5) is 0 Å². The van der Waals surface area contributed by atoms with Crippen LogP contribution in [-0.2, 0) is 0 Å². The molecule has 1 heteroatoms. The van der Waals surface area contributed by atoms with Crippen LogP contribution < -0.4 is 15.9 Å². The lowest BCUT2D eigenvalue weighted by atomic mass is 10.1. The van der Waals surface area contributed by atoms with Crippen LogP contribution >= 0.6 is 6.89 Å². The first-order valence-electron chi connectivity index (χ1n) is 8.80. The summed E-state index contributed by atoms with van der Waals surface area (Å²) >= 11 is 0. The lowest BCUT2D eigenvalue weighted by molar-refractivity contribution is 1.64. The molecule has 0 fully saturated rings. The van der Waals surface area contributed by atoms with Gasteiger partial charge in [-0.05, 0) is 33.9 Å². The van der Waals surface area contributed by atoms with Gasteiger partial charge in [0.25, 0.3) is 0 Å². The molecule has 0 N–H and O–H groups in total. The van der Waals surface area contributed by atoms with Gasteiger partial charge in [-0.1, -0.05) is 122 Å². The summed E-state index contributed by atoms with van der Waals surface area (Å²) < 4.78 is 0. The monoisotopic (exact) mass is 352 g/mol. The molecule has 0 heterocycles. The highest BCUT2D eigenvalue weighted by Crippen LogP contribution is 2.44. The van der Waals surface area contributed by atoms with E-state index in [4.69, 9.17) is 6.30 Å². The van der Waals surface area contributed by atoms with Gasteiger partial charge in [-0.2, -0.15) is 0 Å². The van der Waals surface area contributed by atoms with Gasteiger partial charge >= 0.3 is 0 Å². The second-order valence-electron chi connectivity index (χ2n) is 6.36. The fraction of sp³-hybridized carbons (Fsp3) is 0. The second-order valence-corrected chi connectivity index (χ2v) is 9.50. The fourth-order valence-corrected chi connectivity index (χ4v) is 6.63. The average molecular weight is 352 g/mol. The first-order chi connectivity index (χ1) is 12.8. The zero-order valence-corrected chi connectivity index (χ0v) is 15.5. The average Bonchev–Trinajstić information content (AvgIpc) is 2.75. The molecule has 0 unspecified atom stereocenters. The zero-order valence-electron chi connectivity index (χ0n) is 14.6. The molecular formula is C25H21P. The van der Waals surface area contributed by atoms with Gasteiger partial charge in [-0.15, -0.1) is 0 Å². The van der Waals surface area contributed by atoms with Crippen molar-refractivity contribution >= 4 is 29.1 Å². The summed E-state index contributed by atoms with van der Waals surface area (Å²) in [5.41, 5.74) is 2.51. The van der Waals surface area contributed by atoms with E-state index in [1.54, 1.807) is 0 Å². The molecular weight excluding hydrogens is 331 g/mol. The van der Waals surface area contributed by atoms with E-state index in [-0.39, 0.29) is 0 Å². The number of benzene rings is 4. The Bertz CT molecular complexity index is 992. The summed E-state index contributed by atoms with van der Waals surface area (Å²) in [4.78, 5) is 0. The fourth-order valence-electron chi connectivity index (χ4n) is 3.46. The minimum atomic E-state index is -1.98. The number of hydrogen-bond acceptors (Lipinski definition) is 0. The smallest absolute Gasteiger partial charge is 0.00874 e. The van der Waals surface area contributed by atoms with Crippen molar-refractivity contribution in [2.24, 2.45) is 0 Å². The number of rotatable bonds is 4. The van der Waals surface area contributed by atoms with Gasteiger partial charge < -0.3 is 0 Å². The molecule has 0 saturated carbocycles. The van der Waals surface area contributed by atoms with Gasteiger partial charge in [0.05, 0.1) is 0 Å². The maximum atomic E-state index is 4.88. The lowest BCUT2D eigenvalue weighted by Gasteiger charge is -2.29. The standard InChI is InChI=1S/C25H21P/c1-26(22-15-7-3-8-16-22,23-17-9-4-10-18-23)25-20-12-11-19-24(25)21-13-5-2-6-14-21/h2-20H,1H2. The molecule has 0 amide bonds. The highest BCUT2D eigenvalue weighted by molar-refractivity contribution is 7.93. The summed E-state index contributed by atoms with van der Waals surface area (Å²) in [5.74, 6) is 0. The summed E-state index contributed by atoms with van der Waals surface area (Å²) in [6.07, 6.45) is 4.88. The van der Waals surface area contributed by atoms with Gasteiger partial charge in [0, 0.05) is 0 Å². The third-order valence-corrected chi connectivity index (χ3v) is 8.37. The minimum absolute atomic E-state index is 1.24. The summed E-state index contributed by atoms with van der Waals surface area (Å²) in [6.45, 7) is -1.98. The van der Waals surface area contributed by atoms with Crippen molar-refractivity contribution in [3.63, 3.8) is 0 Å². The lowest BCUT2D eigenvalue weighted by Crippen LogP contribution is -2.26. The molecule has 0 aromatic heterocycles. The van der Waals surface area contributed by atoms with Crippen LogP contribution in [0.1, 0.15) is 0 Å². The van der Waals surface area contributed by atoms with Crippen LogP contribution in [0, 0.1) is 0 Å². The van der Waals surface area contributed by atoms with Gasteiger partial charge in [0.1, 0.15) is 0 Å². The molecule has 0 aliphatic heterocycles. The molecule has 4 rings (SSSR count). The molecule has 26 heavy (non-hydrogen) atoms. The Balaban J connectivity index is 2.03. The molecule has 4 aromatic rings. The molecule has 4 aromatic carbocycles. The molecule has 0 aliphatic carbocycles. The molecule has 0 bridgehead atoms. The van der Waals surface area contributed by atoms with Crippen LogP contribution in [0.15, 0.2) is 115 Å². The van der Waals surface area contributed by atoms with Crippen LogP contribution in [0.5, 0.6) is 0 Å². The van der Waals surface area contributed by atoms with Crippen molar-refractivity contribution in [3.05, 3.63) is 115 Å². The van der Waals surface area contributed by atoms with E-state index in [1.807, 2.05) is 0 Å². The van der Waals surface area contributed by atoms with Crippen LogP contribution in [0.3, 0.4) is 0 Å². The van der Waals surface area contributed by atoms with Gasteiger partial charge in [0.2, 0.25) is 0 Å². The molecule has 0 radical (unpaired) electrons. The molecule has 126 valence electrons. The second kappa shape index (κ2) is 7.20. The van der Waals surface area contributed by atoms with E-state index in [2.05, 4.69) is 115 Å². The Labute approximate surface area is 155 Å². The molecule has 0 nitrogen and oxygen atoms in total. The highest BCUT2D eigenvalue weighted by Gasteiger charge is 2.24. The van der Waals surface area contributed by atoms with Crippen LogP contribution in [0.2, 0.25) is 0 Å². The van der Waals surface area contributed by atoms with Crippen molar-refractivity contribution in [2.45, 2.75) is 0 Å². The summed E-state index contributed by atoms with van der Waals surface area (Å²) in [5, 5.41) is 3.92. The predicted molar refractivity (Wildman–Crippen MR) is 118 cm³/mol. The Morgan fingerprint density at radius 2 is 0.885 bits per heavy atom. The summed E-state index contributed by atoms with van der Waals surface area (Å²) in [6, 6.07) is 40.8. The van der Waals surface area contributed by atoms with E-state index in [9.17, 15) is 0 Å². The SMILES string of the molecule is C=P(c1ccccc1)(c1ccccc1)c1ccccc1-c1ccccc1. The Morgan fingerprint density at radius 3 is 1.42 bits per heavy atom. The minimum Gasteiger partial charge on any atom is -0.0887 e. The number of hydrogen-bond donors (Lipinski definition) is 0. The van der Waals surface area contributed by atoms with Crippen molar-refractivity contribution in [2.75, 3.05) is 0 Å². The normalized spacial score (nSPS) is 11.2. The van der Waals surface area contributed by atoms with Gasteiger partial charge in [-0.3, -0.25) is 0 Å². The highest BCUT2D eigenvalue weighted by atomic mass is 31.2. The first-order valence-corrected chi connectivity index (χ1v) is 10.8. The molecule has 0 aliphatic rings. The van der Waals surface area contributed by atoms with Crippen LogP contribution in [-0.4, -0.2) is 6.30 Å². The van der Waals surface area contributed by atoms with Crippen molar-refractivity contribution in [1.82, 2.24) is 0 Å². The first kappa shape index (κ1) is 16.6. The van der Waals surface area contributed by atoms with Gasteiger partial charge in [0.15, 0.2) is 0 Å². The third kappa shape index (κ3) is 2.94. The van der Waals surface area contributed by atoms with Crippen molar-refractivity contribution < 1.29 is 0 Å². The zero-order chi connectivity index (χ0) is 17.8. The quantitative estimate of drug-likeness (QED) is 0.449. The Hall–Kier alpha value is -2.82. The van der Waals surface area contributed by atoms with Crippen molar-refractivity contribution in [1.29, 1.82) is 0 Å². The van der Waals surface area contributed by atoms with E-state index in [0.717, 1.165) is 0 Å². The van der Waals surface area contributed by atoms with Gasteiger partial charge in [-0.25, -0.2) is 0 Å². The molecule has 0 atom stereocenters. The Morgan fingerprint density at radius 1 is 0.462 bits per heavy atom. The molecule has 0 saturated heterocycles. The maximum Gasteiger partial charge on any atom is -0.00874 e. The Kier molecular flexibility index (Phi) is 4.61. The third-order valence-electron chi connectivity index (χ3n) is 4.79. The van der Waals surface area contributed by atoms with Crippen molar-refractivity contribution in [3.8, 4) is 11.1 Å². The van der Waals surface area contributed by atoms with E-state index < -0.39 is 6.89 Å². The van der Waals surface area contributed by atoms with E-state index >= 15 is 0 Å².